The molecule has 0 saturated heterocycles. The number of nitrogen functional groups attached to an aromatic ring is 1. The first-order valence-electron chi connectivity index (χ1n) is 2.77. The Labute approximate surface area is 71.5 Å². The van der Waals surface area contributed by atoms with E-state index in [1.54, 1.807) is 0 Å². The summed E-state index contributed by atoms with van der Waals surface area (Å²) in [6.45, 7) is 0. The van der Waals surface area contributed by atoms with Gasteiger partial charge in [0, 0.05) is 0 Å². The SMILES string of the molecule is Nc1ccc(S(=O)O)cc1Cl. The summed E-state index contributed by atoms with van der Waals surface area (Å²) < 4.78 is 19.1. The lowest BCUT2D eigenvalue weighted by molar-refractivity contribution is 0.564. The third-order valence-corrected chi connectivity index (χ3v) is 2.16. The normalized spacial score (nSPS) is 12.9. The Kier molecular flexibility index (Phi) is 2.49. The molecule has 0 amide bonds. The highest BCUT2D eigenvalue weighted by atomic mass is 35.5. The molecule has 11 heavy (non-hydrogen) atoms. The monoisotopic (exact) mass is 191 g/mol. The zero-order chi connectivity index (χ0) is 8.43. The van der Waals surface area contributed by atoms with Crippen molar-refractivity contribution in [3.8, 4) is 0 Å². The zero-order valence-electron chi connectivity index (χ0n) is 5.45. The van der Waals surface area contributed by atoms with Gasteiger partial charge < -0.3 is 10.3 Å². The molecule has 0 saturated carbocycles. The molecule has 1 unspecified atom stereocenters. The van der Waals surface area contributed by atoms with Gasteiger partial charge in [-0.25, -0.2) is 4.21 Å². The number of halogens is 1. The van der Waals surface area contributed by atoms with Crippen molar-refractivity contribution < 1.29 is 8.76 Å². The van der Waals surface area contributed by atoms with Crippen LogP contribution in [0.5, 0.6) is 0 Å². The van der Waals surface area contributed by atoms with Crippen LogP contribution in [0.4, 0.5) is 5.69 Å². The van der Waals surface area contributed by atoms with E-state index in [4.69, 9.17) is 21.9 Å². The molecule has 60 valence electrons. The van der Waals surface area contributed by atoms with Gasteiger partial charge in [0.25, 0.3) is 0 Å². The lowest BCUT2D eigenvalue weighted by Gasteiger charge is -1.98. The van der Waals surface area contributed by atoms with E-state index in [2.05, 4.69) is 0 Å². The van der Waals surface area contributed by atoms with Crippen molar-refractivity contribution in [2.24, 2.45) is 0 Å². The van der Waals surface area contributed by atoms with Crippen molar-refractivity contribution in [3.63, 3.8) is 0 Å². The second-order valence-electron chi connectivity index (χ2n) is 1.93. The summed E-state index contributed by atoms with van der Waals surface area (Å²) in [7, 11) is 0. The number of hydrogen-bond donors (Lipinski definition) is 2. The van der Waals surface area contributed by atoms with Gasteiger partial charge in [-0.3, -0.25) is 0 Å². The summed E-state index contributed by atoms with van der Waals surface area (Å²) in [4.78, 5) is 0.254. The molecule has 1 atom stereocenters. The lowest BCUT2D eigenvalue weighted by Crippen LogP contribution is -1.91. The van der Waals surface area contributed by atoms with Gasteiger partial charge in [-0.2, -0.15) is 0 Å². The second kappa shape index (κ2) is 3.21. The minimum Gasteiger partial charge on any atom is -0.398 e. The summed E-state index contributed by atoms with van der Waals surface area (Å²) in [6, 6.07) is 4.32. The van der Waals surface area contributed by atoms with Gasteiger partial charge in [0.1, 0.15) is 0 Å². The van der Waals surface area contributed by atoms with Crippen LogP contribution in [0, 0.1) is 0 Å². The number of anilines is 1. The van der Waals surface area contributed by atoms with E-state index in [1.165, 1.54) is 18.2 Å². The molecule has 0 fully saturated rings. The molecule has 0 aliphatic heterocycles. The quantitative estimate of drug-likeness (QED) is 0.523. The minimum absolute atomic E-state index is 0.254. The molecule has 3 nitrogen and oxygen atoms in total. The number of hydrogen-bond acceptors (Lipinski definition) is 2. The van der Waals surface area contributed by atoms with E-state index in [0.717, 1.165) is 0 Å². The number of rotatable bonds is 1. The van der Waals surface area contributed by atoms with E-state index in [9.17, 15) is 4.21 Å². The van der Waals surface area contributed by atoms with Crippen molar-refractivity contribution in [3.05, 3.63) is 23.2 Å². The van der Waals surface area contributed by atoms with Crippen LogP contribution in [0.25, 0.3) is 0 Å². The van der Waals surface area contributed by atoms with E-state index in [-0.39, 0.29) is 4.90 Å². The van der Waals surface area contributed by atoms with Crippen LogP contribution < -0.4 is 5.73 Å². The molecule has 0 spiro atoms. The fourth-order valence-electron chi connectivity index (χ4n) is 0.616. The Balaban J connectivity index is 3.15. The summed E-state index contributed by atoms with van der Waals surface area (Å²) >= 11 is 3.60. The highest BCUT2D eigenvalue weighted by Crippen LogP contribution is 2.20. The van der Waals surface area contributed by atoms with Gasteiger partial charge in [-0.1, -0.05) is 11.6 Å². The van der Waals surface area contributed by atoms with Gasteiger partial charge in [0.15, 0.2) is 11.1 Å². The summed E-state index contributed by atoms with van der Waals surface area (Å²) in [5.74, 6) is 0. The first kappa shape index (κ1) is 8.52. The Bertz CT molecular complexity index is 303. The van der Waals surface area contributed by atoms with Crippen LogP contribution >= 0.6 is 11.6 Å². The van der Waals surface area contributed by atoms with Gasteiger partial charge in [-0.15, -0.1) is 0 Å². The van der Waals surface area contributed by atoms with Gasteiger partial charge in [0.05, 0.1) is 15.6 Å². The predicted molar refractivity (Wildman–Crippen MR) is 44.9 cm³/mol. The standard InChI is InChI=1S/C6H6ClNO2S/c7-5-3-4(11(9)10)1-2-6(5)8/h1-3H,8H2,(H,9,10). The molecular weight excluding hydrogens is 186 g/mol. The maximum atomic E-state index is 10.5. The van der Waals surface area contributed by atoms with Gasteiger partial charge in [-0.05, 0) is 18.2 Å². The van der Waals surface area contributed by atoms with Crippen molar-refractivity contribution in [2.45, 2.75) is 4.90 Å². The topological polar surface area (TPSA) is 63.3 Å². The Morgan fingerprint density at radius 3 is 2.64 bits per heavy atom. The fraction of sp³-hybridized carbons (Fsp3) is 0. The van der Waals surface area contributed by atoms with Crippen molar-refractivity contribution in [1.29, 1.82) is 0 Å². The largest absolute Gasteiger partial charge is 0.398 e. The van der Waals surface area contributed by atoms with Crippen molar-refractivity contribution in [1.82, 2.24) is 0 Å². The molecule has 1 rings (SSSR count). The molecular formula is C6H6ClNO2S. The number of nitrogens with two attached hydrogens (primary N) is 1. The maximum Gasteiger partial charge on any atom is 0.186 e. The maximum absolute atomic E-state index is 10.5. The zero-order valence-corrected chi connectivity index (χ0v) is 7.02. The van der Waals surface area contributed by atoms with Crippen molar-refractivity contribution in [2.75, 3.05) is 5.73 Å². The average Bonchev–Trinajstić information content (AvgIpc) is 1.94. The molecule has 5 heteroatoms. The molecule has 1 aromatic carbocycles. The number of benzene rings is 1. The van der Waals surface area contributed by atoms with Crippen LogP contribution in [0.2, 0.25) is 5.02 Å². The van der Waals surface area contributed by atoms with E-state index in [1.807, 2.05) is 0 Å². The molecule has 0 aromatic heterocycles. The van der Waals surface area contributed by atoms with Crippen LogP contribution in [-0.4, -0.2) is 8.76 Å². The Hall–Kier alpha value is -0.580. The average molecular weight is 192 g/mol. The van der Waals surface area contributed by atoms with Crippen LogP contribution in [0.1, 0.15) is 0 Å². The molecule has 1 aromatic rings. The highest BCUT2D eigenvalue weighted by Gasteiger charge is 2.01. The molecule has 0 aliphatic rings. The third-order valence-electron chi connectivity index (χ3n) is 1.17. The third kappa shape index (κ3) is 1.92. The van der Waals surface area contributed by atoms with Crippen LogP contribution in [0.15, 0.2) is 23.1 Å². The Morgan fingerprint density at radius 2 is 2.18 bits per heavy atom. The van der Waals surface area contributed by atoms with Crippen molar-refractivity contribution >= 4 is 28.4 Å². The van der Waals surface area contributed by atoms with Crippen LogP contribution in [0.3, 0.4) is 0 Å². The molecule has 3 N–H and O–H groups in total. The molecule has 0 heterocycles. The molecule has 0 aliphatic carbocycles. The van der Waals surface area contributed by atoms with Gasteiger partial charge >= 0.3 is 0 Å². The smallest absolute Gasteiger partial charge is 0.186 e. The first-order chi connectivity index (χ1) is 5.11. The van der Waals surface area contributed by atoms with E-state index < -0.39 is 11.1 Å². The first-order valence-corrected chi connectivity index (χ1v) is 4.25. The second-order valence-corrected chi connectivity index (χ2v) is 3.31. The lowest BCUT2D eigenvalue weighted by atomic mass is 10.3. The summed E-state index contributed by atoms with van der Waals surface area (Å²) in [6.07, 6.45) is 0. The molecule has 0 radical (unpaired) electrons. The molecule has 0 bridgehead atoms. The highest BCUT2D eigenvalue weighted by molar-refractivity contribution is 7.79. The Morgan fingerprint density at radius 1 is 1.55 bits per heavy atom. The fourth-order valence-corrected chi connectivity index (χ4v) is 1.26. The van der Waals surface area contributed by atoms with Crippen LogP contribution in [-0.2, 0) is 11.1 Å². The summed E-state index contributed by atoms with van der Waals surface area (Å²) in [5, 5.41) is 0.296. The predicted octanol–water partition coefficient (Wildman–Crippen LogP) is 1.50. The van der Waals surface area contributed by atoms with Gasteiger partial charge in [0.2, 0.25) is 0 Å². The van der Waals surface area contributed by atoms with E-state index >= 15 is 0 Å². The van der Waals surface area contributed by atoms with E-state index in [0.29, 0.717) is 10.7 Å². The minimum atomic E-state index is -1.99. The summed E-state index contributed by atoms with van der Waals surface area (Å²) in [5.41, 5.74) is 5.78.